The molecule has 0 aliphatic carbocycles. The summed E-state index contributed by atoms with van der Waals surface area (Å²) >= 11 is 0. The number of hydrogen-bond acceptors (Lipinski definition) is 3. The summed E-state index contributed by atoms with van der Waals surface area (Å²) in [7, 11) is -3.10. The number of carbonyl (C=O) groups is 1. The van der Waals surface area contributed by atoms with Crippen molar-refractivity contribution >= 4 is 15.9 Å². The molecule has 0 atom stereocenters. The Morgan fingerprint density at radius 3 is 2.41 bits per heavy atom. The van der Waals surface area contributed by atoms with E-state index in [-0.39, 0.29) is 11.7 Å². The molecule has 1 fully saturated rings. The maximum absolute atomic E-state index is 11.8. The molecule has 0 aromatic heterocycles. The fourth-order valence-electron chi connectivity index (χ4n) is 2.05. The lowest BCUT2D eigenvalue weighted by Gasteiger charge is -2.27. The Kier molecular flexibility index (Phi) is 5.39. The van der Waals surface area contributed by atoms with Crippen LogP contribution in [0, 0.1) is 0 Å². The molecule has 1 rings (SSSR count). The predicted octanol–water partition coefficient (Wildman–Crippen LogP) is 0.670. The Labute approximate surface area is 104 Å². The van der Waals surface area contributed by atoms with Gasteiger partial charge in [0.15, 0.2) is 0 Å². The molecular weight excluding hydrogens is 240 g/mol. The van der Waals surface area contributed by atoms with Gasteiger partial charge in [0.2, 0.25) is 15.9 Å². The van der Waals surface area contributed by atoms with Crippen molar-refractivity contribution in [1.82, 2.24) is 9.21 Å². The summed E-state index contributed by atoms with van der Waals surface area (Å²) < 4.78 is 24.9. The van der Waals surface area contributed by atoms with Gasteiger partial charge in [-0.1, -0.05) is 0 Å². The molecule has 1 aliphatic rings. The van der Waals surface area contributed by atoms with Crippen LogP contribution < -0.4 is 0 Å². The SMILES string of the molecule is CCN(CC)C(=O)CCN1CCCCS1(=O)=O. The molecule has 0 N–H and O–H groups in total. The van der Waals surface area contributed by atoms with E-state index in [1.54, 1.807) is 4.90 Å². The van der Waals surface area contributed by atoms with Crippen LogP contribution in [0.4, 0.5) is 0 Å². The van der Waals surface area contributed by atoms with E-state index in [9.17, 15) is 13.2 Å². The molecule has 0 radical (unpaired) electrons. The highest BCUT2D eigenvalue weighted by molar-refractivity contribution is 7.89. The van der Waals surface area contributed by atoms with Crippen LogP contribution in [-0.2, 0) is 14.8 Å². The number of amides is 1. The standard InChI is InChI=1S/C11H22N2O3S/c1-3-12(4-2)11(14)7-9-13-8-5-6-10-17(13,15)16/h3-10H2,1-2H3. The van der Waals surface area contributed by atoms with Gasteiger partial charge in [0.1, 0.15) is 0 Å². The molecule has 100 valence electrons. The van der Waals surface area contributed by atoms with E-state index in [0.717, 1.165) is 12.8 Å². The topological polar surface area (TPSA) is 57.7 Å². The van der Waals surface area contributed by atoms with Crippen LogP contribution in [-0.4, -0.2) is 55.5 Å². The minimum Gasteiger partial charge on any atom is -0.343 e. The minimum absolute atomic E-state index is 0.0378. The quantitative estimate of drug-likeness (QED) is 0.732. The Bertz CT molecular complexity index is 350. The highest BCUT2D eigenvalue weighted by Gasteiger charge is 2.26. The summed E-state index contributed by atoms with van der Waals surface area (Å²) in [5.74, 6) is 0.266. The van der Waals surface area contributed by atoms with Gasteiger partial charge in [-0.2, -0.15) is 0 Å². The fourth-order valence-corrected chi connectivity index (χ4v) is 3.65. The fraction of sp³-hybridized carbons (Fsp3) is 0.909. The molecule has 6 heteroatoms. The van der Waals surface area contributed by atoms with Crippen LogP contribution in [0.5, 0.6) is 0 Å². The first-order valence-electron chi connectivity index (χ1n) is 6.26. The van der Waals surface area contributed by atoms with Crippen molar-refractivity contribution in [3.05, 3.63) is 0 Å². The van der Waals surface area contributed by atoms with E-state index in [4.69, 9.17) is 0 Å². The number of rotatable bonds is 5. The molecule has 5 nitrogen and oxygen atoms in total. The third-order valence-electron chi connectivity index (χ3n) is 3.14. The Balaban J connectivity index is 2.47. The Morgan fingerprint density at radius 1 is 1.24 bits per heavy atom. The number of nitrogens with zero attached hydrogens (tertiary/aromatic N) is 2. The molecule has 1 amide bonds. The lowest BCUT2D eigenvalue weighted by molar-refractivity contribution is -0.130. The molecule has 0 spiro atoms. The highest BCUT2D eigenvalue weighted by atomic mass is 32.2. The summed E-state index contributed by atoms with van der Waals surface area (Å²) in [5.41, 5.74) is 0. The normalized spacial score (nSPS) is 20.1. The van der Waals surface area contributed by atoms with E-state index in [1.807, 2.05) is 13.8 Å². The first-order chi connectivity index (χ1) is 8.01. The summed E-state index contributed by atoms with van der Waals surface area (Å²) in [6.45, 7) is 6.12. The van der Waals surface area contributed by atoms with Gasteiger partial charge in [-0.25, -0.2) is 12.7 Å². The molecule has 1 saturated heterocycles. The smallest absolute Gasteiger partial charge is 0.223 e. The van der Waals surface area contributed by atoms with Crippen molar-refractivity contribution in [2.24, 2.45) is 0 Å². The molecule has 0 bridgehead atoms. The van der Waals surface area contributed by atoms with Crippen LogP contribution in [0.3, 0.4) is 0 Å². The van der Waals surface area contributed by atoms with Crippen LogP contribution in [0.2, 0.25) is 0 Å². The lowest BCUT2D eigenvalue weighted by Crippen LogP contribution is -2.40. The predicted molar refractivity (Wildman–Crippen MR) is 67.1 cm³/mol. The summed E-state index contributed by atoms with van der Waals surface area (Å²) in [4.78, 5) is 13.5. The second-order valence-corrected chi connectivity index (χ2v) is 6.33. The van der Waals surface area contributed by atoms with E-state index in [2.05, 4.69) is 0 Å². The molecule has 0 saturated carbocycles. The second-order valence-electron chi connectivity index (χ2n) is 4.24. The van der Waals surface area contributed by atoms with Crippen molar-refractivity contribution in [2.45, 2.75) is 33.1 Å². The first-order valence-corrected chi connectivity index (χ1v) is 7.87. The largest absolute Gasteiger partial charge is 0.343 e. The maximum atomic E-state index is 11.8. The average molecular weight is 262 g/mol. The third kappa shape index (κ3) is 3.96. The van der Waals surface area contributed by atoms with Crippen LogP contribution in [0.1, 0.15) is 33.1 Å². The second kappa shape index (κ2) is 6.35. The zero-order valence-electron chi connectivity index (χ0n) is 10.7. The van der Waals surface area contributed by atoms with E-state index < -0.39 is 10.0 Å². The summed E-state index contributed by atoms with van der Waals surface area (Å²) in [5, 5.41) is 0. The van der Waals surface area contributed by atoms with Crippen molar-refractivity contribution in [1.29, 1.82) is 0 Å². The van der Waals surface area contributed by atoms with Crippen molar-refractivity contribution in [3.8, 4) is 0 Å². The Morgan fingerprint density at radius 2 is 1.88 bits per heavy atom. The van der Waals surface area contributed by atoms with Crippen LogP contribution in [0.25, 0.3) is 0 Å². The molecule has 0 aromatic rings. The van der Waals surface area contributed by atoms with E-state index in [1.165, 1.54) is 4.31 Å². The summed E-state index contributed by atoms with van der Waals surface area (Å²) in [6, 6.07) is 0. The van der Waals surface area contributed by atoms with Gasteiger partial charge in [-0.3, -0.25) is 4.79 Å². The van der Waals surface area contributed by atoms with E-state index >= 15 is 0 Å². The minimum atomic E-state index is -3.10. The lowest BCUT2D eigenvalue weighted by atomic mass is 10.3. The monoisotopic (exact) mass is 262 g/mol. The maximum Gasteiger partial charge on any atom is 0.223 e. The number of sulfonamides is 1. The van der Waals surface area contributed by atoms with Crippen LogP contribution >= 0.6 is 0 Å². The van der Waals surface area contributed by atoms with Gasteiger partial charge in [0.05, 0.1) is 5.75 Å². The van der Waals surface area contributed by atoms with Crippen molar-refractivity contribution in [2.75, 3.05) is 31.9 Å². The zero-order chi connectivity index (χ0) is 12.9. The van der Waals surface area contributed by atoms with E-state index in [0.29, 0.717) is 32.6 Å². The van der Waals surface area contributed by atoms with Gasteiger partial charge < -0.3 is 4.90 Å². The highest BCUT2D eigenvalue weighted by Crippen LogP contribution is 2.14. The first kappa shape index (κ1) is 14.4. The third-order valence-corrected chi connectivity index (χ3v) is 5.10. The van der Waals surface area contributed by atoms with Crippen molar-refractivity contribution < 1.29 is 13.2 Å². The molecule has 0 aromatic carbocycles. The molecule has 1 heterocycles. The van der Waals surface area contributed by atoms with Gasteiger partial charge in [-0.05, 0) is 26.7 Å². The van der Waals surface area contributed by atoms with Crippen molar-refractivity contribution in [3.63, 3.8) is 0 Å². The van der Waals surface area contributed by atoms with Gasteiger partial charge in [0.25, 0.3) is 0 Å². The molecular formula is C11H22N2O3S. The van der Waals surface area contributed by atoms with Gasteiger partial charge >= 0.3 is 0 Å². The number of carbonyl (C=O) groups excluding carboxylic acids is 1. The molecule has 17 heavy (non-hydrogen) atoms. The van der Waals surface area contributed by atoms with Crippen LogP contribution in [0.15, 0.2) is 0 Å². The number of hydrogen-bond donors (Lipinski definition) is 0. The Hall–Kier alpha value is -0.620. The summed E-state index contributed by atoms with van der Waals surface area (Å²) in [6.07, 6.45) is 1.93. The van der Waals surface area contributed by atoms with Gasteiger partial charge in [-0.15, -0.1) is 0 Å². The average Bonchev–Trinajstić information content (AvgIpc) is 2.28. The van der Waals surface area contributed by atoms with Gasteiger partial charge in [0, 0.05) is 32.6 Å². The molecule has 0 unspecified atom stereocenters. The molecule has 1 aliphatic heterocycles. The zero-order valence-corrected chi connectivity index (χ0v) is 11.5.